The fourth-order valence-electron chi connectivity index (χ4n) is 1.82. The molecular formula is C16H12N2O4. The van der Waals surface area contributed by atoms with Crippen LogP contribution < -0.4 is 5.32 Å². The smallest absolute Gasteiger partial charge is 0.249 e. The molecular weight excluding hydrogens is 284 g/mol. The van der Waals surface area contributed by atoms with E-state index in [1.54, 1.807) is 36.4 Å². The zero-order valence-corrected chi connectivity index (χ0v) is 11.4. The average Bonchev–Trinajstić information content (AvgIpc) is 2.51. The van der Waals surface area contributed by atoms with Gasteiger partial charge in [-0.2, -0.15) is 5.26 Å². The number of carbonyl (C=O) groups excluding carboxylic acids is 2. The summed E-state index contributed by atoms with van der Waals surface area (Å²) >= 11 is 0. The Hall–Kier alpha value is -3.33. The minimum absolute atomic E-state index is 0.0370. The number of rotatable bonds is 4. The molecule has 2 aromatic rings. The number of para-hydroxylation sites is 1. The van der Waals surface area contributed by atoms with E-state index in [9.17, 15) is 19.8 Å². The van der Waals surface area contributed by atoms with Crippen LogP contribution in [0.2, 0.25) is 0 Å². The molecule has 6 heteroatoms. The van der Waals surface area contributed by atoms with Gasteiger partial charge in [-0.15, -0.1) is 0 Å². The summed E-state index contributed by atoms with van der Waals surface area (Å²) in [7, 11) is 0. The summed E-state index contributed by atoms with van der Waals surface area (Å²) in [5, 5.41) is 30.2. The number of benzene rings is 2. The van der Waals surface area contributed by atoms with Crippen molar-refractivity contribution >= 4 is 17.4 Å². The van der Waals surface area contributed by atoms with Gasteiger partial charge in [-0.1, -0.05) is 18.2 Å². The number of aromatic hydroxyl groups is 2. The standard InChI is InChI=1S/C16H12N2O4/c17-9-12(16(22)18-11-4-2-1-3-5-11)15(21)10-6-7-13(19)14(20)8-10/h1-8,12,19-20H,(H,18,22). The van der Waals surface area contributed by atoms with E-state index in [0.29, 0.717) is 5.69 Å². The molecule has 0 radical (unpaired) electrons. The Balaban J connectivity index is 2.20. The summed E-state index contributed by atoms with van der Waals surface area (Å²) in [6, 6.07) is 13.4. The van der Waals surface area contributed by atoms with Crippen LogP contribution in [0.3, 0.4) is 0 Å². The SMILES string of the molecule is N#CC(C(=O)Nc1ccccc1)C(=O)c1ccc(O)c(O)c1. The highest BCUT2D eigenvalue weighted by Gasteiger charge is 2.28. The van der Waals surface area contributed by atoms with Crippen molar-refractivity contribution in [1.82, 2.24) is 0 Å². The Bertz CT molecular complexity index is 750. The predicted octanol–water partition coefficient (Wildman–Crippen LogP) is 2.06. The molecule has 0 aliphatic rings. The molecule has 0 aliphatic heterocycles. The van der Waals surface area contributed by atoms with Crippen LogP contribution >= 0.6 is 0 Å². The fraction of sp³-hybridized carbons (Fsp3) is 0.0625. The van der Waals surface area contributed by atoms with E-state index >= 15 is 0 Å². The molecule has 1 amide bonds. The number of nitriles is 1. The molecule has 2 aromatic carbocycles. The summed E-state index contributed by atoms with van der Waals surface area (Å²) < 4.78 is 0. The lowest BCUT2D eigenvalue weighted by Crippen LogP contribution is -2.28. The first-order chi connectivity index (χ1) is 10.5. The molecule has 1 unspecified atom stereocenters. The maximum Gasteiger partial charge on any atom is 0.249 e. The summed E-state index contributed by atoms with van der Waals surface area (Å²) in [5.41, 5.74) is 0.430. The lowest BCUT2D eigenvalue weighted by molar-refractivity contribution is -0.117. The second-order valence-corrected chi connectivity index (χ2v) is 4.49. The van der Waals surface area contributed by atoms with E-state index in [2.05, 4.69) is 5.32 Å². The minimum Gasteiger partial charge on any atom is -0.504 e. The van der Waals surface area contributed by atoms with Crippen LogP contribution in [0.4, 0.5) is 5.69 Å². The number of phenolic OH excluding ortho intramolecular Hbond substituents is 2. The summed E-state index contributed by atoms with van der Waals surface area (Å²) in [6.07, 6.45) is 0. The molecule has 2 rings (SSSR count). The van der Waals surface area contributed by atoms with Crippen LogP contribution in [-0.4, -0.2) is 21.9 Å². The molecule has 110 valence electrons. The molecule has 0 fully saturated rings. The van der Waals surface area contributed by atoms with Gasteiger partial charge >= 0.3 is 0 Å². The van der Waals surface area contributed by atoms with Crippen molar-refractivity contribution in [3.8, 4) is 17.6 Å². The average molecular weight is 296 g/mol. The van der Waals surface area contributed by atoms with Crippen molar-refractivity contribution in [3.63, 3.8) is 0 Å². The van der Waals surface area contributed by atoms with Gasteiger partial charge in [0.25, 0.3) is 0 Å². The van der Waals surface area contributed by atoms with E-state index in [1.165, 1.54) is 6.07 Å². The molecule has 0 bridgehead atoms. The van der Waals surface area contributed by atoms with Crippen molar-refractivity contribution in [2.45, 2.75) is 0 Å². The number of hydrogen-bond donors (Lipinski definition) is 3. The number of nitrogens with zero attached hydrogens (tertiary/aromatic N) is 1. The Labute approximate surface area is 126 Å². The van der Waals surface area contributed by atoms with Gasteiger partial charge in [0.05, 0.1) is 6.07 Å². The molecule has 0 saturated carbocycles. The Morgan fingerprint density at radius 3 is 2.32 bits per heavy atom. The number of Topliss-reactive ketones (excluding diaryl/α,β-unsaturated/α-hetero) is 1. The highest BCUT2D eigenvalue weighted by Crippen LogP contribution is 2.26. The van der Waals surface area contributed by atoms with Gasteiger partial charge in [-0.3, -0.25) is 9.59 Å². The van der Waals surface area contributed by atoms with Crippen molar-refractivity contribution in [2.75, 3.05) is 5.32 Å². The van der Waals surface area contributed by atoms with Crippen LogP contribution in [0.25, 0.3) is 0 Å². The third kappa shape index (κ3) is 3.22. The summed E-state index contributed by atoms with van der Waals surface area (Å²) in [6.45, 7) is 0. The maximum absolute atomic E-state index is 12.2. The van der Waals surface area contributed by atoms with E-state index in [0.717, 1.165) is 12.1 Å². The lowest BCUT2D eigenvalue weighted by atomic mass is 9.97. The van der Waals surface area contributed by atoms with Crippen LogP contribution in [0, 0.1) is 17.2 Å². The third-order valence-corrected chi connectivity index (χ3v) is 2.95. The maximum atomic E-state index is 12.2. The lowest BCUT2D eigenvalue weighted by Gasteiger charge is -2.10. The van der Waals surface area contributed by atoms with Gasteiger partial charge in [0.15, 0.2) is 23.2 Å². The quantitative estimate of drug-likeness (QED) is 0.454. The largest absolute Gasteiger partial charge is 0.504 e. The van der Waals surface area contributed by atoms with Crippen molar-refractivity contribution in [2.24, 2.45) is 5.92 Å². The topological polar surface area (TPSA) is 110 Å². The molecule has 0 aromatic heterocycles. The molecule has 0 spiro atoms. The minimum atomic E-state index is -1.55. The first-order valence-electron chi connectivity index (χ1n) is 6.34. The van der Waals surface area contributed by atoms with Gasteiger partial charge in [0.1, 0.15) is 0 Å². The molecule has 22 heavy (non-hydrogen) atoms. The van der Waals surface area contributed by atoms with Gasteiger partial charge in [-0.25, -0.2) is 0 Å². The van der Waals surface area contributed by atoms with Crippen molar-refractivity contribution in [3.05, 3.63) is 54.1 Å². The molecule has 6 nitrogen and oxygen atoms in total. The number of ketones is 1. The first-order valence-corrected chi connectivity index (χ1v) is 6.34. The molecule has 1 atom stereocenters. The Morgan fingerprint density at radius 1 is 1.05 bits per heavy atom. The van der Waals surface area contributed by atoms with Crippen LogP contribution in [-0.2, 0) is 4.79 Å². The zero-order chi connectivity index (χ0) is 16.1. The molecule has 3 N–H and O–H groups in total. The molecule has 0 aliphatic carbocycles. The highest BCUT2D eigenvalue weighted by atomic mass is 16.3. The summed E-state index contributed by atoms with van der Waals surface area (Å²) in [4.78, 5) is 24.2. The second-order valence-electron chi connectivity index (χ2n) is 4.49. The van der Waals surface area contributed by atoms with E-state index < -0.39 is 29.1 Å². The van der Waals surface area contributed by atoms with E-state index in [1.807, 2.05) is 0 Å². The van der Waals surface area contributed by atoms with E-state index in [4.69, 9.17) is 5.26 Å². The zero-order valence-electron chi connectivity index (χ0n) is 11.4. The first kappa shape index (κ1) is 15.1. The number of amides is 1. The van der Waals surface area contributed by atoms with Crippen LogP contribution in [0.15, 0.2) is 48.5 Å². The number of anilines is 1. The Kier molecular flexibility index (Phi) is 4.39. The van der Waals surface area contributed by atoms with Crippen molar-refractivity contribution < 1.29 is 19.8 Å². The Morgan fingerprint density at radius 2 is 1.73 bits per heavy atom. The molecule has 0 saturated heterocycles. The number of phenols is 2. The van der Waals surface area contributed by atoms with Crippen LogP contribution in [0.1, 0.15) is 10.4 Å². The fourth-order valence-corrected chi connectivity index (χ4v) is 1.82. The second kappa shape index (κ2) is 6.41. The monoisotopic (exact) mass is 296 g/mol. The third-order valence-electron chi connectivity index (χ3n) is 2.95. The van der Waals surface area contributed by atoms with Crippen molar-refractivity contribution in [1.29, 1.82) is 5.26 Å². The predicted molar refractivity (Wildman–Crippen MR) is 78.3 cm³/mol. The van der Waals surface area contributed by atoms with Gasteiger partial charge in [0.2, 0.25) is 5.91 Å². The number of carbonyl (C=O) groups is 2. The summed E-state index contributed by atoms with van der Waals surface area (Å²) in [5.74, 6) is -3.95. The number of hydrogen-bond acceptors (Lipinski definition) is 5. The van der Waals surface area contributed by atoms with Crippen LogP contribution in [0.5, 0.6) is 11.5 Å². The highest BCUT2D eigenvalue weighted by molar-refractivity contribution is 6.15. The van der Waals surface area contributed by atoms with Gasteiger partial charge in [-0.05, 0) is 30.3 Å². The molecule has 0 heterocycles. The van der Waals surface area contributed by atoms with Gasteiger partial charge in [0, 0.05) is 11.3 Å². The number of nitrogens with one attached hydrogen (secondary N) is 1. The van der Waals surface area contributed by atoms with E-state index in [-0.39, 0.29) is 5.56 Å². The van der Waals surface area contributed by atoms with Gasteiger partial charge < -0.3 is 15.5 Å². The normalized spacial score (nSPS) is 11.2.